The first-order valence-electron chi connectivity index (χ1n) is 3.20. The highest BCUT2D eigenvalue weighted by atomic mass is 15.5. The molecular weight excluding hydrogens is 114 g/mol. The maximum Gasteiger partial charge on any atom is 0.120 e. The van der Waals surface area contributed by atoms with E-state index in [0.717, 1.165) is 12.8 Å². The van der Waals surface area contributed by atoms with Crippen LogP contribution in [0.4, 0.5) is 0 Å². The highest BCUT2D eigenvalue weighted by molar-refractivity contribution is 5.57. The normalized spacial score (nSPS) is 30.2. The zero-order valence-electron chi connectivity index (χ0n) is 5.12. The highest BCUT2D eigenvalue weighted by Gasteiger charge is 2.18. The van der Waals surface area contributed by atoms with Crippen molar-refractivity contribution in [1.82, 2.24) is 10.3 Å². The molecule has 1 N–H and O–H groups in total. The molecule has 0 fully saturated rings. The summed E-state index contributed by atoms with van der Waals surface area (Å²) >= 11 is 0. The topological polar surface area (TPSA) is 27.6 Å². The van der Waals surface area contributed by atoms with Gasteiger partial charge in [0.05, 0.1) is 0 Å². The molecule has 0 amide bonds. The summed E-state index contributed by atoms with van der Waals surface area (Å²) in [5.41, 5.74) is 0. The minimum Gasteiger partial charge on any atom is -0.368 e. The largest absolute Gasteiger partial charge is 0.368 e. The van der Waals surface area contributed by atoms with Crippen molar-refractivity contribution in [3.8, 4) is 0 Å². The Morgan fingerprint density at radius 2 is 2.67 bits per heavy atom. The van der Waals surface area contributed by atoms with Crippen molar-refractivity contribution >= 4 is 6.21 Å². The second-order valence-electron chi connectivity index (χ2n) is 2.25. The first-order chi connectivity index (χ1) is 4.47. The number of hydrogen-bond acceptors (Lipinski definition) is 3. The van der Waals surface area contributed by atoms with Gasteiger partial charge in [0.25, 0.3) is 0 Å². The Hall–Kier alpha value is -0.990. The first kappa shape index (κ1) is 4.85. The number of fused-ring (bicyclic) bond motifs is 1. The fraction of sp³-hybridized carbons (Fsp3) is 0.500. The first-order valence-corrected chi connectivity index (χ1v) is 3.20. The Labute approximate surface area is 54.0 Å². The number of nitrogens with zero attached hydrogens (tertiary/aromatic N) is 2. The predicted molar refractivity (Wildman–Crippen MR) is 35.6 cm³/mol. The van der Waals surface area contributed by atoms with E-state index in [2.05, 4.69) is 10.4 Å². The van der Waals surface area contributed by atoms with Gasteiger partial charge in [-0.2, -0.15) is 5.10 Å². The molecule has 0 aromatic rings. The lowest BCUT2D eigenvalue weighted by Crippen LogP contribution is -2.34. The molecule has 0 aromatic carbocycles. The Balaban J connectivity index is 2.17. The molecular formula is C6H9N3. The fourth-order valence-electron chi connectivity index (χ4n) is 1.13. The molecule has 9 heavy (non-hydrogen) atoms. The molecule has 0 saturated carbocycles. The van der Waals surface area contributed by atoms with E-state index in [4.69, 9.17) is 0 Å². The molecule has 1 unspecified atom stereocenters. The van der Waals surface area contributed by atoms with Crippen LogP contribution in [0.5, 0.6) is 0 Å². The molecule has 1 atom stereocenters. The van der Waals surface area contributed by atoms with Gasteiger partial charge in [-0.05, 0) is 12.8 Å². The zero-order valence-corrected chi connectivity index (χ0v) is 5.12. The van der Waals surface area contributed by atoms with Gasteiger partial charge in [-0.1, -0.05) is 0 Å². The van der Waals surface area contributed by atoms with E-state index >= 15 is 0 Å². The van der Waals surface area contributed by atoms with Crippen LogP contribution in [0, 0.1) is 0 Å². The van der Waals surface area contributed by atoms with Gasteiger partial charge >= 0.3 is 0 Å². The van der Waals surface area contributed by atoms with Crippen LogP contribution in [0.2, 0.25) is 0 Å². The molecule has 0 aromatic heterocycles. The molecule has 2 aliphatic heterocycles. The van der Waals surface area contributed by atoms with Crippen molar-refractivity contribution in [2.45, 2.75) is 19.0 Å². The quantitative estimate of drug-likeness (QED) is 0.507. The van der Waals surface area contributed by atoms with Crippen molar-refractivity contribution in [3.05, 3.63) is 12.4 Å². The van der Waals surface area contributed by atoms with Crippen molar-refractivity contribution < 1.29 is 0 Å². The molecule has 3 heteroatoms. The zero-order chi connectivity index (χ0) is 6.10. The third-order valence-corrected chi connectivity index (χ3v) is 1.62. The van der Waals surface area contributed by atoms with Crippen molar-refractivity contribution in [2.24, 2.45) is 5.10 Å². The Kier molecular flexibility index (Phi) is 0.946. The number of rotatable bonds is 0. The van der Waals surface area contributed by atoms with Crippen LogP contribution in [0.15, 0.2) is 17.5 Å². The summed E-state index contributed by atoms with van der Waals surface area (Å²) in [6.07, 6.45) is 8.54. The second kappa shape index (κ2) is 1.76. The third-order valence-electron chi connectivity index (χ3n) is 1.62. The van der Waals surface area contributed by atoms with E-state index in [-0.39, 0.29) is 0 Å². The minimum atomic E-state index is 0.440. The standard InChI is InChI=1S/C6H9N3/c1-2-6-7-4-5-9(6)8-3-1/h3-7H,1-2H2. The maximum absolute atomic E-state index is 4.15. The lowest BCUT2D eigenvalue weighted by Gasteiger charge is -2.23. The van der Waals surface area contributed by atoms with Gasteiger partial charge in [-0.3, -0.25) is 0 Å². The molecule has 2 rings (SSSR count). The number of hydrazone groups is 1. The SMILES string of the molecule is C1=CN2N=CCCC2N1. The molecule has 0 aliphatic carbocycles. The molecule has 0 spiro atoms. The van der Waals surface area contributed by atoms with Gasteiger partial charge < -0.3 is 5.32 Å². The van der Waals surface area contributed by atoms with E-state index in [9.17, 15) is 0 Å². The summed E-state index contributed by atoms with van der Waals surface area (Å²) in [5, 5.41) is 9.29. The molecule has 3 nitrogen and oxygen atoms in total. The minimum absolute atomic E-state index is 0.440. The van der Waals surface area contributed by atoms with Gasteiger partial charge in [-0.25, -0.2) is 5.01 Å². The smallest absolute Gasteiger partial charge is 0.120 e. The summed E-state index contributed by atoms with van der Waals surface area (Å²) in [7, 11) is 0. The molecule has 2 aliphatic rings. The lowest BCUT2D eigenvalue weighted by atomic mass is 10.2. The van der Waals surface area contributed by atoms with Crippen LogP contribution in [0.3, 0.4) is 0 Å². The fourth-order valence-corrected chi connectivity index (χ4v) is 1.13. The van der Waals surface area contributed by atoms with Crippen LogP contribution >= 0.6 is 0 Å². The lowest BCUT2D eigenvalue weighted by molar-refractivity contribution is 0.267. The summed E-state index contributed by atoms with van der Waals surface area (Å²) in [4.78, 5) is 0. The van der Waals surface area contributed by atoms with Gasteiger partial charge in [-0.15, -0.1) is 0 Å². The summed E-state index contributed by atoms with van der Waals surface area (Å²) in [6.45, 7) is 0. The number of hydrogen-bond donors (Lipinski definition) is 1. The van der Waals surface area contributed by atoms with Crippen molar-refractivity contribution in [2.75, 3.05) is 0 Å². The van der Waals surface area contributed by atoms with E-state index < -0.39 is 0 Å². The third kappa shape index (κ3) is 0.686. The average Bonchev–Trinajstić information content (AvgIpc) is 2.33. The van der Waals surface area contributed by atoms with Gasteiger partial charge in [0.2, 0.25) is 0 Å². The van der Waals surface area contributed by atoms with Gasteiger partial charge in [0.1, 0.15) is 6.17 Å². The van der Waals surface area contributed by atoms with E-state index in [1.54, 1.807) is 0 Å². The Bertz CT molecular complexity index is 162. The van der Waals surface area contributed by atoms with Crippen LogP contribution in [-0.4, -0.2) is 17.4 Å². The van der Waals surface area contributed by atoms with Crippen LogP contribution in [0.1, 0.15) is 12.8 Å². The van der Waals surface area contributed by atoms with E-state index in [1.165, 1.54) is 0 Å². The van der Waals surface area contributed by atoms with Crippen LogP contribution < -0.4 is 5.32 Å². The molecule has 0 radical (unpaired) electrons. The van der Waals surface area contributed by atoms with E-state index in [1.807, 2.05) is 23.6 Å². The summed E-state index contributed by atoms with van der Waals surface area (Å²) < 4.78 is 0. The van der Waals surface area contributed by atoms with Crippen molar-refractivity contribution in [3.63, 3.8) is 0 Å². The summed E-state index contributed by atoms with van der Waals surface area (Å²) in [5.74, 6) is 0. The van der Waals surface area contributed by atoms with Gasteiger partial charge in [0.15, 0.2) is 0 Å². The molecule has 0 bridgehead atoms. The van der Waals surface area contributed by atoms with Crippen LogP contribution in [-0.2, 0) is 0 Å². The van der Waals surface area contributed by atoms with Crippen molar-refractivity contribution in [1.29, 1.82) is 0 Å². The maximum atomic E-state index is 4.15. The van der Waals surface area contributed by atoms with E-state index in [0.29, 0.717) is 6.17 Å². The number of nitrogens with one attached hydrogen (secondary N) is 1. The average molecular weight is 123 g/mol. The van der Waals surface area contributed by atoms with Crippen LogP contribution in [0.25, 0.3) is 0 Å². The summed E-state index contributed by atoms with van der Waals surface area (Å²) in [6, 6.07) is 0. The molecule has 0 saturated heterocycles. The second-order valence-corrected chi connectivity index (χ2v) is 2.25. The van der Waals surface area contributed by atoms with Gasteiger partial charge in [0, 0.05) is 18.6 Å². The monoisotopic (exact) mass is 123 g/mol. The highest BCUT2D eigenvalue weighted by Crippen LogP contribution is 2.13. The Morgan fingerprint density at radius 3 is 3.56 bits per heavy atom. The molecule has 48 valence electrons. The Morgan fingerprint density at radius 1 is 1.67 bits per heavy atom. The molecule has 2 heterocycles. The predicted octanol–water partition coefficient (Wildman–Crippen LogP) is 0.468.